The maximum atomic E-state index is 4.45. The second-order valence-electron chi connectivity index (χ2n) is 6.47. The molecule has 2 fully saturated rings. The molecule has 20 heavy (non-hydrogen) atoms. The van der Waals surface area contributed by atoms with E-state index in [-0.39, 0.29) is 0 Å². The van der Waals surface area contributed by atoms with Crippen LogP contribution in [-0.2, 0) is 0 Å². The number of likely N-dealkylation sites (tertiary alicyclic amines) is 1. The van der Waals surface area contributed by atoms with Gasteiger partial charge in [0.05, 0.1) is 12.0 Å². The van der Waals surface area contributed by atoms with Gasteiger partial charge in [0.15, 0.2) is 0 Å². The molecule has 3 rings (SSSR count). The van der Waals surface area contributed by atoms with Gasteiger partial charge in [-0.3, -0.25) is 0 Å². The van der Waals surface area contributed by atoms with Gasteiger partial charge in [-0.05, 0) is 52.1 Å². The predicted molar refractivity (Wildman–Crippen MR) is 81.8 cm³/mol. The molecule has 2 saturated heterocycles. The molecule has 0 aromatic carbocycles. The number of likely N-dealkylation sites (N-methyl/N-ethyl adjacent to an activating group) is 1. The highest BCUT2D eigenvalue weighted by Crippen LogP contribution is 2.29. The fourth-order valence-corrected chi connectivity index (χ4v) is 3.81. The van der Waals surface area contributed by atoms with Crippen molar-refractivity contribution in [2.75, 3.05) is 19.6 Å². The van der Waals surface area contributed by atoms with Crippen molar-refractivity contribution in [2.24, 2.45) is 0 Å². The molecular weight excluding hydrogens is 248 g/mol. The Morgan fingerprint density at radius 3 is 3.00 bits per heavy atom. The van der Waals surface area contributed by atoms with Crippen LogP contribution in [-0.4, -0.2) is 40.1 Å². The van der Waals surface area contributed by atoms with Gasteiger partial charge in [-0.2, -0.15) is 0 Å². The SMILES string of the molecule is CCN1CCCC(n2cncc2C2CCCC(C)N2)C1. The highest BCUT2D eigenvalue weighted by molar-refractivity contribution is 5.09. The average molecular weight is 276 g/mol. The molecule has 1 aromatic heterocycles. The van der Waals surface area contributed by atoms with Crippen molar-refractivity contribution in [2.45, 2.75) is 64.1 Å². The van der Waals surface area contributed by atoms with E-state index in [4.69, 9.17) is 0 Å². The second-order valence-corrected chi connectivity index (χ2v) is 6.47. The van der Waals surface area contributed by atoms with Crippen LogP contribution in [0.5, 0.6) is 0 Å². The summed E-state index contributed by atoms with van der Waals surface area (Å²) in [5.74, 6) is 0. The van der Waals surface area contributed by atoms with E-state index in [2.05, 4.69) is 46.1 Å². The molecule has 1 aromatic rings. The molecule has 0 aliphatic carbocycles. The summed E-state index contributed by atoms with van der Waals surface area (Å²) in [6.45, 7) is 8.17. The molecule has 112 valence electrons. The van der Waals surface area contributed by atoms with Gasteiger partial charge in [0, 0.05) is 30.9 Å². The van der Waals surface area contributed by atoms with E-state index < -0.39 is 0 Å². The third-order valence-corrected chi connectivity index (χ3v) is 4.99. The molecule has 1 N–H and O–H groups in total. The van der Waals surface area contributed by atoms with E-state index in [9.17, 15) is 0 Å². The van der Waals surface area contributed by atoms with Crippen LogP contribution in [0.2, 0.25) is 0 Å². The number of aromatic nitrogens is 2. The molecule has 0 saturated carbocycles. The monoisotopic (exact) mass is 276 g/mol. The van der Waals surface area contributed by atoms with Gasteiger partial charge >= 0.3 is 0 Å². The molecule has 0 radical (unpaired) electrons. The minimum absolute atomic E-state index is 0.498. The van der Waals surface area contributed by atoms with Gasteiger partial charge in [0.25, 0.3) is 0 Å². The number of rotatable bonds is 3. The van der Waals surface area contributed by atoms with Gasteiger partial charge in [-0.15, -0.1) is 0 Å². The summed E-state index contributed by atoms with van der Waals surface area (Å²) in [6, 6.07) is 1.74. The van der Waals surface area contributed by atoms with Crippen LogP contribution in [0.15, 0.2) is 12.5 Å². The lowest BCUT2D eigenvalue weighted by molar-refractivity contribution is 0.180. The molecular formula is C16H28N4. The summed E-state index contributed by atoms with van der Waals surface area (Å²) in [5, 5.41) is 3.75. The summed E-state index contributed by atoms with van der Waals surface area (Å²) in [4.78, 5) is 7.02. The fraction of sp³-hybridized carbons (Fsp3) is 0.812. The predicted octanol–water partition coefficient (Wildman–Crippen LogP) is 2.74. The Hall–Kier alpha value is -0.870. The standard InChI is InChI=1S/C16H28N4/c1-3-19-9-5-7-14(11-19)20-12-17-10-16(20)15-8-4-6-13(2)18-15/h10,12-15,18H,3-9,11H2,1-2H3. The number of piperidine rings is 2. The number of nitrogens with one attached hydrogen (secondary N) is 1. The quantitative estimate of drug-likeness (QED) is 0.921. The van der Waals surface area contributed by atoms with Crippen molar-refractivity contribution < 1.29 is 0 Å². The number of imidazole rings is 1. The number of hydrogen-bond acceptors (Lipinski definition) is 3. The summed E-state index contributed by atoms with van der Waals surface area (Å²) >= 11 is 0. The Morgan fingerprint density at radius 2 is 2.20 bits per heavy atom. The minimum Gasteiger partial charge on any atom is -0.329 e. The first kappa shape index (κ1) is 14.1. The Labute approximate surface area is 122 Å². The first-order valence-electron chi connectivity index (χ1n) is 8.28. The molecule has 0 amide bonds. The van der Waals surface area contributed by atoms with E-state index >= 15 is 0 Å². The molecule has 3 heterocycles. The van der Waals surface area contributed by atoms with Crippen molar-refractivity contribution in [3.8, 4) is 0 Å². The molecule has 2 aliphatic rings. The molecule has 0 bridgehead atoms. The maximum absolute atomic E-state index is 4.45. The Bertz CT molecular complexity index is 428. The van der Waals surface area contributed by atoms with Crippen LogP contribution in [0.4, 0.5) is 0 Å². The summed E-state index contributed by atoms with van der Waals surface area (Å²) < 4.78 is 2.46. The lowest BCUT2D eigenvalue weighted by Crippen LogP contribution is -2.39. The summed E-state index contributed by atoms with van der Waals surface area (Å²) in [6.07, 6.45) is 10.6. The van der Waals surface area contributed by atoms with E-state index in [1.165, 1.54) is 57.4 Å². The Kier molecular flexibility index (Phi) is 4.41. The van der Waals surface area contributed by atoms with Gasteiger partial charge < -0.3 is 14.8 Å². The largest absolute Gasteiger partial charge is 0.329 e. The first-order chi connectivity index (χ1) is 9.78. The maximum Gasteiger partial charge on any atom is 0.0951 e. The number of hydrogen-bond donors (Lipinski definition) is 1. The van der Waals surface area contributed by atoms with Crippen LogP contribution < -0.4 is 5.32 Å². The number of nitrogens with zero attached hydrogens (tertiary/aromatic N) is 3. The van der Waals surface area contributed by atoms with Gasteiger partial charge in [0.2, 0.25) is 0 Å². The summed E-state index contributed by atoms with van der Waals surface area (Å²) in [5.41, 5.74) is 1.40. The summed E-state index contributed by atoms with van der Waals surface area (Å²) in [7, 11) is 0. The van der Waals surface area contributed by atoms with Crippen LogP contribution in [0.1, 0.15) is 63.7 Å². The molecule has 2 aliphatic heterocycles. The van der Waals surface area contributed by atoms with Crippen molar-refractivity contribution in [3.05, 3.63) is 18.2 Å². The molecule has 0 spiro atoms. The third kappa shape index (κ3) is 2.91. The normalized spacial score (nSPS) is 32.4. The third-order valence-electron chi connectivity index (χ3n) is 4.99. The van der Waals surface area contributed by atoms with Crippen LogP contribution in [0.3, 0.4) is 0 Å². The van der Waals surface area contributed by atoms with E-state index in [1.807, 2.05) is 0 Å². The van der Waals surface area contributed by atoms with Crippen molar-refractivity contribution in [1.82, 2.24) is 19.8 Å². The zero-order valence-electron chi connectivity index (χ0n) is 12.9. The van der Waals surface area contributed by atoms with Crippen LogP contribution >= 0.6 is 0 Å². The topological polar surface area (TPSA) is 33.1 Å². The second kappa shape index (κ2) is 6.27. The first-order valence-corrected chi connectivity index (χ1v) is 8.28. The van der Waals surface area contributed by atoms with Gasteiger partial charge in [0.1, 0.15) is 0 Å². The van der Waals surface area contributed by atoms with E-state index in [0.717, 1.165) is 0 Å². The highest BCUT2D eigenvalue weighted by atomic mass is 15.2. The molecule has 4 heteroatoms. The van der Waals surface area contributed by atoms with Crippen molar-refractivity contribution in [1.29, 1.82) is 0 Å². The van der Waals surface area contributed by atoms with Crippen LogP contribution in [0, 0.1) is 0 Å². The van der Waals surface area contributed by atoms with E-state index in [0.29, 0.717) is 18.1 Å². The zero-order chi connectivity index (χ0) is 13.9. The lowest BCUT2D eigenvalue weighted by atomic mass is 9.97. The molecule has 3 unspecified atom stereocenters. The van der Waals surface area contributed by atoms with E-state index in [1.54, 1.807) is 0 Å². The van der Waals surface area contributed by atoms with Gasteiger partial charge in [-0.1, -0.05) is 6.92 Å². The van der Waals surface area contributed by atoms with Crippen molar-refractivity contribution in [3.63, 3.8) is 0 Å². The van der Waals surface area contributed by atoms with Crippen LogP contribution in [0.25, 0.3) is 0 Å². The average Bonchev–Trinajstić information content (AvgIpc) is 2.97. The van der Waals surface area contributed by atoms with Gasteiger partial charge in [-0.25, -0.2) is 4.98 Å². The minimum atomic E-state index is 0.498. The molecule has 4 nitrogen and oxygen atoms in total. The Morgan fingerprint density at radius 1 is 1.30 bits per heavy atom. The lowest BCUT2D eigenvalue weighted by Gasteiger charge is -2.35. The molecule has 3 atom stereocenters. The smallest absolute Gasteiger partial charge is 0.0951 e. The van der Waals surface area contributed by atoms with Crippen molar-refractivity contribution >= 4 is 0 Å². The Balaban J connectivity index is 1.75. The fourth-order valence-electron chi connectivity index (χ4n) is 3.81. The zero-order valence-corrected chi connectivity index (χ0v) is 12.9. The highest BCUT2D eigenvalue weighted by Gasteiger charge is 2.26.